The normalized spacial score (nSPS) is 11.5. The van der Waals surface area contributed by atoms with Gasteiger partial charge in [0.05, 0.1) is 17.0 Å². The van der Waals surface area contributed by atoms with E-state index >= 15 is 0 Å². The highest BCUT2D eigenvalue weighted by Crippen LogP contribution is 2.18. The third kappa shape index (κ3) is 3.77. The van der Waals surface area contributed by atoms with Crippen molar-refractivity contribution in [1.82, 2.24) is 14.9 Å². The average Bonchev–Trinajstić information content (AvgIpc) is 2.82. The van der Waals surface area contributed by atoms with Gasteiger partial charge in [0.2, 0.25) is 15.9 Å². The number of hydrogen-bond acceptors (Lipinski definition) is 6. The molecule has 2 N–H and O–H groups in total. The quantitative estimate of drug-likeness (QED) is 0.692. The fraction of sp³-hybridized carbons (Fsp3) is 0.182. The molecule has 0 fully saturated rings. The Hall–Kier alpha value is -1.53. The van der Waals surface area contributed by atoms with Crippen molar-refractivity contribution < 1.29 is 22.8 Å². The molecule has 0 aliphatic heterocycles. The van der Waals surface area contributed by atoms with Crippen LogP contribution in [0.2, 0.25) is 0 Å². The number of halogens is 1. The molecule has 1 aromatic carbocycles. The zero-order chi connectivity index (χ0) is 15.6. The summed E-state index contributed by atoms with van der Waals surface area (Å²) in [6.07, 6.45) is 0. The number of aryl methyl sites for hydroxylation is 1. The Balaban J connectivity index is 2.23. The molecule has 0 saturated heterocycles. The molecule has 112 valence electrons. The third-order valence-corrected chi connectivity index (χ3v) is 4.81. The first-order chi connectivity index (χ1) is 9.79. The molecular weight excluding hydrogens is 413 g/mol. The van der Waals surface area contributed by atoms with E-state index in [2.05, 4.69) is 14.9 Å². The number of aromatic nitrogens is 2. The summed E-state index contributed by atoms with van der Waals surface area (Å²) < 4.78 is 31.7. The zero-order valence-corrected chi connectivity index (χ0v) is 13.7. The van der Waals surface area contributed by atoms with Gasteiger partial charge in [0.1, 0.15) is 0 Å². The van der Waals surface area contributed by atoms with Crippen LogP contribution in [0.1, 0.15) is 22.1 Å². The first-order valence-corrected chi connectivity index (χ1v) is 8.17. The van der Waals surface area contributed by atoms with Crippen LogP contribution in [0, 0.1) is 10.5 Å². The fourth-order valence-corrected chi connectivity index (χ4v) is 3.06. The molecule has 0 aliphatic rings. The summed E-state index contributed by atoms with van der Waals surface area (Å²) in [6, 6.07) is 3.86. The van der Waals surface area contributed by atoms with Crippen LogP contribution < -0.4 is 4.72 Å². The lowest BCUT2D eigenvalue weighted by Gasteiger charge is -2.06. The minimum Gasteiger partial charge on any atom is -0.478 e. The van der Waals surface area contributed by atoms with Crippen LogP contribution in [0.25, 0.3) is 0 Å². The maximum Gasteiger partial charge on any atom is 0.336 e. The van der Waals surface area contributed by atoms with Gasteiger partial charge in [-0.3, -0.25) is 0 Å². The summed E-state index contributed by atoms with van der Waals surface area (Å²) in [6.45, 7) is 1.44. The number of sulfonamides is 1. The predicted octanol–water partition coefficient (Wildman–Crippen LogP) is 1.16. The number of rotatable bonds is 5. The summed E-state index contributed by atoms with van der Waals surface area (Å²) >= 11 is 1.83. The van der Waals surface area contributed by atoms with Crippen molar-refractivity contribution in [2.24, 2.45) is 0 Å². The van der Waals surface area contributed by atoms with E-state index in [-0.39, 0.29) is 22.8 Å². The summed E-state index contributed by atoms with van der Waals surface area (Å²) in [4.78, 5) is 14.8. The molecule has 1 aromatic heterocycles. The molecule has 0 unspecified atom stereocenters. The van der Waals surface area contributed by atoms with Gasteiger partial charge >= 0.3 is 5.97 Å². The van der Waals surface area contributed by atoms with E-state index in [9.17, 15) is 13.2 Å². The molecule has 21 heavy (non-hydrogen) atoms. The summed E-state index contributed by atoms with van der Waals surface area (Å²) in [5.74, 6) is -0.670. The Kier molecular flexibility index (Phi) is 4.58. The highest BCUT2D eigenvalue weighted by Gasteiger charge is 2.18. The Labute approximate surface area is 133 Å². The SMILES string of the molecule is Cc1nc(CNS(=O)(=O)c2ccc(I)c(C(=O)O)c2)no1. The van der Waals surface area contributed by atoms with Crippen LogP contribution in [0.5, 0.6) is 0 Å². The molecule has 2 rings (SSSR count). The van der Waals surface area contributed by atoms with Crippen LogP contribution in [-0.4, -0.2) is 29.6 Å². The number of carbonyl (C=O) groups is 1. The van der Waals surface area contributed by atoms with Gasteiger partial charge in [0.15, 0.2) is 5.82 Å². The molecule has 0 atom stereocenters. The summed E-state index contributed by atoms with van der Waals surface area (Å²) in [5, 5.41) is 12.6. The molecular formula is C11H10IN3O5S. The molecule has 8 nitrogen and oxygen atoms in total. The minimum atomic E-state index is -3.86. The zero-order valence-electron chi connectivity index (χ0n) is 10.7. The van der Waals surface area contributed by atoms with Crippen LogP contribution in [0.15, 0.2) is 27.6 Å². The third-order valence-electron chi connectivity index (χ3n) is 2.47. The van der Waals surface area contributed by atoms with E-state index in [1.54, 1.807) is 6.92 Å². The van der Waals surface area contributed by atoms with Gasteiger partial charge < -0.3 is 9.63 Å². The molecule has 0 bridgehead atoms. The molecule has 0 saturated carbocycles. The molecule has 1 heterocycles. The van der Waals surface area contributed by atoms with Gasteiger partial charge in [-0.15, -0.1) is 0 Å². The van der Waals surface area contributed by atoms with E-state index in [0.29, 0.717) is 9.46 Å². The molecule has 0 radical (unpaired) electrons. The lowest BCUT2D eigenvalue weighted by molar-refractivity contribution is 0.0695. The van der Waals surface area contributed by atoms with Crippen molar-refractivity contribution in [2.75, 3.05) is 0 Å². The van der Waals surface area contributed by atoms with Crippen LogP contribution in [0.3, 0.4) is 0 Å². The van der Waals surface area contributed by atoms with Crippen LogP contribution in [-0.2, 0) is 16.6 Å². The highest BCUT2D eigenvalue weighted by atomic mass is 127. The highest BCUT2D eigenvalue weighted by molar-refractivity contribution is 14.1. The predicted molar refractivity (Wildman–Crippen MR) is 79.2 cm³/mol. The standard InChI is InChI=1S/C11H10IN3O5S/c1-6-14-10(15-20-6)5-13-21(18,19)7-2-3-9(12)8(4-7)11(16)17/h2-4,13H,5H2,1H3,(H,16,17). The average molecular weight is 423 g/mol. The topological polar surface area (TPSA) is 122 Å². The Morgan fingerprint density at radius 1 is 1.48 bits per heavy atom. The van der Waals surface area contributed by atoms with Crippen molar-refractivity contribution in [1.29, 1.82) is 0 Å². The first kappa shape index (κ1) is 15.9. The van der Waals surface area contributed by atoms with Crippen LogP contribution in [0.4, 0.5) is 0 Å². The minimum absolute atomic E-state index is 0.0751. The second kappa shape index (κ2) is 6.07. The number of nitrogens with one attached hydrogen (secondary N) is 1. The van der Waals surface area contributed by atoms with Gasteiger partial charge in [-0.25, -0.2) is 17.9 Å². The second-order valence-corrected chi connectivity index (χ2v) is 6.93. The van der Waals surface area contributed by atoms with E-state index < -0.39 is 16.0 Å². The molecule has 0 aliphatic carbocycles. The lowest BCUT2D eigenvalue weighted by atomic mass is 10.2. The molecule has 0 spiro atoms. The monoisotopic (exact) mass is 423 g/mol. The van der Waals surface area contributed by atoms with Gasteiger partial charge in [-0.2, -0.15) is 4.98 Å². The largest absolute Gasteiger partial charge is 0.478 e. The van der Waals surface area contributed by atoms with Gasteiger partial charge in [0, 0.05) is 10.5 Å². The van der Waals surface area contributed by atoms with E-state index in [1.165, 1.54) is 12.1 Å². The van der Waals surface area contributed by atoms with Gasteiger partial charge in [-0.1, -0.05) is 5.16 Å². The smallest absolute Gasteiger partial charge is 0.336 e. The fourth-order valence-electron chi connectivity index (χ4n) is 1.49. The number of aromatic carboxylic acids is 1. The van der Waals surface area contributed by atoms with Gasteiger partial charge in [0.25, 0.3) is 0 Å². The number of nitrogens with zero attached hydrogens (tertiary/aromatic N) is 2. The summed E-state index contributed by atoms with van der Waals surface area (Å²) in [7, 11) is -3.86. The maximum absolute atomic E-state index is 12.1. The molecule has 10 heteroatoms. The van der Waals surface area contributed by atoms with Crippen molar-refractivity contribution in [2.45, 2.75) is 18.4 Å². The van der Waals surface area contributed by atoms with Crippen LogP contribution >= 0.6 is 22.6 Å². The maximum atomic E-state index is 12.1. The Morgan fingerprint density at radius 3 is 2.76 bits per heavy atom. The van der Waals surface area contributed by atoms with Crippen molar-refractivity contribution >= 4 is 38.6 Å². The summed E-state index contributed by atoms with van der Waals surface area (Å²) in [5.41, 5.74) is -0.0751. The van der Waals surface area contributed by atoms with Gasteiger partial charge in [-0.05, 0) is 40.8 Å². The van der Waals surface area contributed by atoms with Crippen molar-refractivity contribution in [3.63, 3.8) is 0 Å². The lowest BCUT2D eigenvalue weighted by Crippen LogP contribution is -2.24. The second-order valence-electron chi connectivity index (χ2n) is 4.00. The Bertz CT molecular complexity index is 787. The number of hydrogen-bond donors (Lipinski definition) is 2. The number of carboxylic acid groups (broad SMARTS) is 1. The Morgan fingerprint density at radius 2 is 2.19 bits per heavy atom. The van der Waals surface area contributed by atoms with Crippen molar-refractivity contribution in [3.8, 4) is 0 Å². The van der Waals surface area contributed by atoms with E-state index in [0.717, 1.165) is 6.07 Å². The number of carboxylic acids is 1. The van der Waals surface area contributed by atoms with Crippen molar-refractivity contribution in [3.05, 3.63) is 39.0 Å². The molecule has 2 aromatic rings. The first-order valence-electron chi connectivity index (χ1n) is 5.61. The number of benzene rings is 1. The molecule has 0 amide bonds. The van der Waals surface area contributed by atoms with E-state index in [4.69, 9.17) is 9.63 Å². The van der Waals surface area contributed by atoms with E-state index in [1.807, 2.05) is 22.6 Å².